The lowest BCUT2D eigenvalue weighted by molar-refractivity contribution is 0.0685. The van der Waals surface area contributed by atoms with Gasteiger partial charge in [-0.2, -0.15) is 0 Å². The molecular weight excluding hydrogens is 238 g/mol. The van der Waals surface area contributed by atoms with Crippen LogP contribution in [0.3, 0.4) is 0 Å². The van der Waals surface area contributed by atoms with Crippen molar-refractivity contribution in [2.24, 2.45) is 5.92 Å². The summed E-state index contributed by atoms with van der Waals surface area (Å²) < 4.78 is 5.40. The number of hydrogen-bond acceptors (Lipinski definition) is 3. The molecule has 1 heterocycles. The minimum atomic E-state index is -0.338. The van der Waals surface area contributed by atoms with Crippen LogP contribution in [-0.2, 0) is 4.74 Å². The maximum atomic E-state index is 9.79. The van der Waals surface area contributed by atoms with Crippen molar-refractivity contribution in [1.82, 2.24) is 0 Å². The van der Waals surface area contributed by atoms with Crippen molar-refractivity contribution in [3.8, 4) is 0 Å². The Labute approximate surface area is 116 Å². The number of nitrogens with zero attached hydrogens (tertiary/aromatic N) is 1. The van der Waals surface area contributed by atoms with Crippen molar-refractivity contribution in [2.75, 3.05) is 31.7 Å². The molecule has 1 atom stereocenters. The van der Waals surface area contributed by atoms with E-state index in [0.29, 0.717) is 0 Å². The summed E-state index contributed by atoms with van der Waals surface area (Å²) in [5.74, 6) is 0.736. The normalized spacial score (nSPS) is 18.3. The molecule has 106 valence electrons. The Bertz CT molecular complexity index is 371. The third-order valence-corrected chi connectivity index (χ3v) is 3.98. The lowest BCUT2D eigenvalue weighted by Crippen LogP contribution is -2.29. The highest BCUT2D eigenvalue weighted by Crippen LogP contribution is 2.23. The van der Waals surface area contributed by atoms with Crippen molar-refractivity contribution in [3.63, 3.8) is 0 Å². The highest BCUT2D eigenvalue weighted by molar-refractivity contribution is 5.47. The van der Waals surface area contributed by atoms with Gasteiger partial charge in [0.1, 0.15) is 0 Å². The number of aliphatic hydroxyl groups excluding tert-OH is 1. The predicted molar refractivity (Wildman–Crippen MR) is 78.5 cm³/mol. The van der Waals surface area contributed by atoms with E-state index in [1.54, 1.807) is 0 Å². The molecule has 0 amide bonds. The van der Waals surface area contributed by atoms with E-state index in [9.17, 15) is 5.11 Å². The van der Waals surface area contributed by atoms with Gasteiger partial charge >= 0.3 is 0 Å². The third-order valence-electron chi connectivity index (χ3n) is 3.98. The van der Waals surface area contributed by atoms with E-state index in [1.165, 1.54) is 5.69 Å². The van der Waals surface area contributed by atoms with Crippen molar-refractivity contribution in [1.29, 1.82) is 0 Å². The van der Waals surface area contributed by atoms with Crippen LogP contribution in [-0.4, -0.2) is 31.9 Å². The highest BCUT2D eigenvalue weighted by Gasteiger charge is 2.16. The van der Waals surface area contributed by atoms with E-state index >= 15 is 0 Å². The van der Waals surface area contributed by atoms with Gasteiger partial charge in [0.2, 0.25) is 0 Å². The van der Waals surface area contributed by atoms with Crippen LogP contribution in [0, 0.1) is 5.92 Å². The molecule has 0 spiro atoms. The van der Waals surface area contributed by atoms with Gasteiger partial charge in [-0.05, 0) is 42.9 Å². The number of benzene rings is 1. The second-order valence-corrected chi connectivity index (χ2v) is 5.45. The van der Waals surface area contributed by atoms with Gasteiger partial charge in [0.05, 0.1) is 6.10 Å². The van der Waals surface area contributed by atoms with Gasteiger partial charge in [-0.3, -0.25) is 0 Å². The summed E-state index contributed by atoms with van der Waals surface area (Å²) in [4.78, 5) is 2.30. The molecule has 3 heteroatoms. The standard InChI is InChI=1S/C16H25NO2/c1-3-16(18)14-4-6-15(7-5-14)17(2)12-13-8-10-19-11-9-13/h4-7,13,16,18H,3,8-12H2,1-2H3/t16-/m1/s1. The fraction of sp³-hybridized carbons (Fsp3) is 0.625. The number of rotatable bonds is 5. The van der Waals surface area contributed by atoms with Gasteiger partial charge in [-0.1, -0.05) is 19.1 Å². The Morgan fingerprint density at radius 3 is 2.47 bits per heavy atom. The molecule has 1 aliphatic rings. The fourth-order valence-electron chi connectivity index (χ4n) is 2.61. The molecule has 1 N–H and O–H groups in total. The zero-order valence-electron chi connectivity index (χ0n) is 12.0. The first kappa shape index (κ1) is 14.4. The number of ether oxygens (including phenoxy) is 1. The fourth-order valence-corrected chi connectivity index (χ4v) is 2.61. The lowest BCUT2D eigenvalue weighted by Gasteiger charge is -2.28. The second kappa shape index (κ2) is 6.92. The predicted octanol–water partition coefficient (Wildman–Crippen LogP) is 2.99. The molecule has 0 radical (unpaired) electrons. The van der Waals surface area contributed by atoms with Crippen LogP contribution in [0.4, 0.5) is 5.69 Å². The number of aliphatic hydroxyl groups is 1. The maximum Gasteiger partial charge on any atom is 0.0787 e. The van der Waals surface area contributed by atoms with Gasteiger partial charge in [0.25, 0.3) is 0 Å². The van der Waals surface area contributed by atoms with Crippen LogP contribution >= 0.6 is 0 Å². The topological polar surface area (TPSA) is 32.7 Å². The molecule has 1 aromatic rings. The molecule has 2 rings (SSSR count). The van der Waals surface area contributed by atoms with Crippen molar-refractivity contribution in [2.45, 2.75) is 32.3 Å². The van der Waals surface area contributed by atoms with Gasteiger partial charge in [0, 0.05) is 32.5 Å². The van der Waals surface area contributed by atoms with E-state index in [1.807, 2.05) is 19.1 Å². The van der Waals surface area contributed by atoms with Crippen molar-refractivity contribution >= 4 is 5.69 Å². The van der Waals surface area contributed by atoms with Crippen LogP contribution in [0.15, 0.2) is 24.3 Å². The molecule has 0 unspecified atom stereocenters. The molecule has 3 nitrogen and oxygen atoms in total. The first-order valence-electron chi connectivity index (χ1n) is 7.27. The number of hydrogen-bond donors (Lipinski definition) is 1. The Morgan fingerprint density at radius 1 is 1.26 bits per heavy atom. The Hall–Kier alpha value is -1.06. The molecule has 19 heavy (non-hydrogen) atoms. The smallest absolute Gasteiger partial charge is 0.0787 e. The molecule has 0 saturated carbocycles. The van der Waals surface area contributed by atoms with Crippen molar-refractivity contribution < 1.29 is 9.84 Å². The third kappa shape index (κ3) is 3.95. The zero-order valence-corrected chi connectivity index (χ0v) is 12.0. The maximum absolute atomic E-state index is 9.79. The van der Waals surface area contributed by atoms with E-state index in [0.717, 1.165) is 50.5 Å². The van der Waals surface area contributed by atoms with Crippen LogP contribution in [0.5, 0.6) is 0 Å². The zero-order chi connectivity index (χ0) is 13.7. The first-order chi connectivity index (χ1) is 9.20. The largest absolute Gasteiger partial charge is 0.388 e. The van der Waals surface area contributed by atoms with Crippen LogP contribution in [0.1, 0.15) is 37.9 Å². The summed E-state index contributed by atoms with van der Waals surface area (Å²) in [6.07, 6.45) is 2.75. The number of anilines is 1. The van der Waals surface area contributed by atoms with E-state index in [2.05, 4.69) is 24.1 Å². The molecule has 0 bridgehead atoms. The minimum absolute atomic E-state index is 0.338. The molecule has 1 aliphatic heterocycles. The summed E-state index contributed by atoms with van der Waals surface area (Å²) in [6, 6.07) is 8.27. The lowest BCUT2D eigenvalue weighted by atomic mass is 9.99. The van der Waals surface area contributed by atoms with E-state index in [4.69, 9.17) is 4.74 Å². The molecule has 0 aromatic heterocycles. The average Bonchev–Trinajstić information content (AvgIpc) is 2.47. The summed E-state index contributed by atoms with van der Waals surface area (Å²) in [6.45, 7) is 4.88. The van der Waals surface area contributed by atoms with Crippen LogP contribution < -0.4 is 4.90 Å². The highest BCUT2D eigenvalue weighted by atomic mass is 16.5. The molecule has 0 aliphatic carbocycles. The Kier molecular flexibility index (Phi) is 5.23. The van der Waals surface area contributed by atoms with Crippen molar-refractivity contribution in [3.05, 3.63) is 29.8 Å². The van der Waals surface area contributed by atoms with E-state index < -0.39 is 0 Å². The van der Waals surface area contributed by atoms with Crippen LogP contribution in [0.2, 0.25) is 0 Å². The summed E-state index contributed by atoms with van der Waals surface area (Å²) in [7, 11) is 2.14. The second-order valence-electron chi connectivity index (χ2n) is 5.45. The van der Waals surface area contributed by atoms with Gasteiger partial charge in [0.15, 0.2) is 0 Å². The summed E-state index contributed by atoms with van der Waals surface area (Å²) >= 11 is 0. The summed E-state index contributed by atoms with van der Waals surface area (Å²) in [5, 5.41) is 9.79. The molecule has 1 aromatic carbocycles. The minimum Gasteiger partial charge on any atom is -0.388 e. The molecule has 1 saturated heterocycles. The average molecular weight is 263 g/mol. The first-order valence-corrected chi connectivity index (χ1v) is 7.27. The van der Waals surface area contributed by atoms with Crippen LogP contribution in [0.25, 0.3) is 0 Å². The van der Waals surface area contributed by atoms with Gasteiger partial charge < -0.3 is 14.7 Å². The van der Waals surface area contributed by atoms with Gasteiger partial charge in [-0.15, -0.1) is 0 Å². The van der Waals surface area contributed by atoms with E-state index in [-0.39, 0.29) is 6.10 Å². The molecule has 1 fully saturated rings. The Morgan fingerprint density at radius 2 is 1.89 bits per heavy atom. The monoisotopic (exact) mass is 263 g/mol. The summed E-state index contributed by atoms with van der Waals surface area (Å²) in [5.41, 5.74) is 2.23. The quantitative estimate of drug-likeness (QED) is 0.886. The molecular formula is C16H25NO2. The van der Waals surface area contributed by atoms with Gasteiger partial charge in [-0.25, -0.2) is 0 Å². The SMILES string of the molecule is CC[C@@H](O)c1ccc(N(C)CC2CCOCC2)cc1. The Balaban J connectivity index is 1.93.